The minimum Gasteiger partial charge on any atom is -0.493 e. The van der Waals surface area contributed by atoms with Crippen LogP contribution in [0.2, 0.25) is 0 Å². The van der Waals surface area contributed by atoms with Gasteiger partial charge < -0.3 is 10.1 Å². The van der Waals surface area contributed by atoms with Gasteiger partial charge in [0.15, 0.2) is 0 Å². The standard InChI is InChI=1S/C21H20BrN3O2/c1-3-27-20-11-8-15(17-6-4-5-7-18(17)20)13-23-25-21(26)24-16-9-10-19(22)14(2)12-16/h4-13H,3H2,1-2H3,(H2,24,25,26)/b23-13-. The number of aryl methyl sites for hydroxylation is 1. The molecule has 27 heavy (non-hydrogen) atoms. The van der Waals surface area contributed by atoms with Crippen molar-refractivity contribution in [2.75, 3.05) is 11.9 Å². The zero-order chi connectivity index (χ0) is 19.2. The van der Waals surface area contributed by atoms with Crippen molar-refractivity contribution in [3.63, 3.8) is 0 Å². The molecule has 0 aliphatic rings. The Morgan fingerprint density at radius 1 is 1.15 bits per heavy atom. The fraction of sp³-hybridized carbons (Fsp3) is 0.143. The summed E-state index contributed by atoms with van der Waals surface area (Å²) in [5, 5.41) is 8.85. The van der Waals surface area contributed by atoms with Crippen LogP contribution in [0.4, 0.5) is 10.5 Å². The van der Waals surface area contributed by atoms with Gasteiger partial charge in [0.2, 0.25) is 0 Å². The Morgan fingerprint density at radius 3 is 2.67 bits per heavy atom. The second-order valence-electron chi connectivity index (χ2n) is 5.92. The number of carbonyl (C=O) groups is 1. The fourth-order valence-corrected chi connectivity index (χ4v) is 2.98. The lowest BCUT2D eigenvalue weighted by atomic mass is 10.0. The molecule has 0 saturated heterocycles. The highest BCUT2D eigenvalue weighted by molar-refractivity contribution is 9.10. The summed E-state index contributed by atoms with van der Waals surface area (Å²) in [7, 11) is 0. The predicted molar refractivity (Wildman–Crippen MR) is 114 cm³/mol. The van der Waals surface area contributed by atoms with Gasteiger partial charge in [-0.1, -0.05) is 40.2 Å². The third kappa shape index (κ3) is 4.65. The van der Waals surface area contributed by atoms with Crippen LogP contribution in [0.5, 0.6) is 5.75 Å². The van der Waals surface area contributed by atoms with Crippen molar-refractivity contribution in [3.05, 3.63) is 70.2 Å². The lowest BCUT2D eigenvalue weighted by Gasteiger charge is -2.09. The van der Waals surface area contributed by atoms with E-state index in [9.17, 15) is 4.79 Å². The van der Waals surface area contributed by atoms with E-state index in [1.54, 1.807) is 6.21 Å². The Bertz CT molecular complexity index is 1000. The summed E-state index contributed by atoms with van der Waals surface area (Å²) in [6.07, 6.45) is 1.63. The first-order valence-electron chi connectivity index (χ1n) is 8.59. The fourth-order valence-electron chi connectivity index (χ4n) is 2.73. The molecule has 138 valence electrons. The third-order valence-corrected chi connectivity index (χ3v) is 4.89. The number of carbonyl (C=O) groups excluding carboxylic acids is 1. The number of nitrogens with zero attached hydrogens (tertiary/aromatic N) is 1. The number of benzene rings is 3. The second kappa shape index (κ2) is 8.68. The summed E-state index contributed by atoms with van der Waals surface area (Å²) in [5.41, 5.74) is 5.13. The molecule has 3 aromatic rings. The lowest BCUT2D eigenvalue weighted by Crippen LogP contribution is -2.24. The Balaban J connectivity index is 1.71. The first-order valence-corrected chi connectivity index (χ1v) is 9.38. The van der Waals surface area contributed by atoms with Gasteiger partial charge in [0.25, 0.3) is 0 Å². The molecule has 2 N–H and O–H groups in total. The number of hydrogen-bond acceptors (Lipinski definition) is 3. The number of hydrogen-bond donors (Lipinski definition) is 2. The number of ether oxygens (including phenoxy) is 1. The van der Waals surface area contributed by atoms with E-state index < -0.39 is 6.03 Å². The van der Waals surface area contributed by atoms with E-state index in [0.717, 1.165) is 32.1 Å². The largest absolute Gasteiger partial charge is 0.493 e. The Labute approximate surface area is 166 Å². The highest BCUT2D eigenvalue weighted by atomic mass is 79.9. The number of rotatable bonds is 5. The number of anilines is 1. The molecule has 3 rings (SSSR count). The van der Waals surface area contributed by atoms with Crippen molar-refractivity contribution >= 4 is 44.6 Å². The number of halogens is 1. The van der Waals surface area contributed by atoms with Gasteiger partial charge in [-0.3, -0.25) is 0 Å². The van der Waals surface area contributed by atoms with Gasteiger partial charge in [-0.25, -0.2) is 10.2 Å². The van der Waals surface area contributed by atoms with Crippen LogP contribution in [0.3, 0.4) is 0 Å². The van der Waals surface area contributed by atoms with Crippen molar-refractivity contribution in [1.82, 2.24) is 5.43 Å². The summed E-state index contributed by atoms with van der Waals surface area (Å²) < 4.78 is 6.67. The van der Waals surface area contributed by atoms with Crippen LogP contribution in [0, 0.1) is 6.92 Å². The van der Waals surface area contributed by atoms with Crippen molar-refractivity contribution in [3.8, 4) is 5.75 Å². The summed E-state index contributed by atoms with van der Waals surface area (Å²) in [5.74, 6) is 0.835. The quantitative estimate of drug-likeness (QED) is 0.420. The van der Waals surface area contributed by atoms with Crippen molar-refractivity contribution in [2.24, 2.45) is 5.10 Å². The van der Waals surface area contributed by atoms with Crippen LogP contribution >= 0.6 is 15.9 Å². The van der Waals surface area contributed by atoms with E-state index in [1.807, 2.05) is 68.4 Å². The molecule has 0 aliphatic heterocycles. The molecule has 0 heterocycles. The van der Waals surface area contributed by atoms with Gasteiger partial charge in [-0.2, -0.15) is 5.10 Å². The van der Waals surface area contributed by atoms with Crippen LogP contribution in [0.25, 0.3) is 10.8 Å². The van der Waals surface area contributed by atoms with E-state index in [-0.39, 0.29) is 0 Å². The predicted octanol–water partition coefficient (Wildman–Crippen LogP) is 5.47. The first kappa shape index (κ1) is 18.9. The molecule has 0 atom stereocenters. The Kier molecular flexibility index (Phi) is 6.08. The molecule has 5 nitrogen and oxygen atoms in total. The van der Waals surface area contributed by atoms with Gasteiger partial charge in [0, 0.05) is 21.1 Å². The van der Waals surface area contributed by atoms with Gasteiger partial charge in [0.05, 0.1) is 12.8 Å². The number of nitrogens with one attached hydrogen (secondary N) is 2. The summed E-state index contributed by atoms with van der Waals surface area (Å²) in [4.78, 5) is 12.0. The molecule has 0 fully saturated rings. The molecule has 6 heteroatoms. The number of hydrazone groups is 1. The minimum absolute atomic E-state index is 0.400. The summed E-state index contributed by atoms with van der Waals surface area (Å²) >= 11 is 3.44. The normalized spacial score (nSPS) is 10.9. The molecule has 0 bridgehead atoms. The second-order valence-corrected chi connectivity index (χ2v) is 6.77. The maximum Gasteiger partial charge on any atom is 0.339 e. The van der Waals surface area contributed by atoms with Gasteiger partial charge in [0.1, 0.15) is 5.75 Å². The lowest BCUT2D eigenvalue weighted by molar-refractivity contribution is 0.252. The van der Waals surface area contributed by atoms with Gasteiger partial charge >= 0.3 is 6.03 Å². The van der Waals surface area contributed by atoms with Gasteiger partial charge in [-0.05, 0) is 55.1 Å². The smallest absolute Gasteiger partial charge is 0.339 e. The van der Waals surface area contributed by atoms with Crippen molar-refractivity contribution in [2.45, 2.75) is 13.8 Å². The zero-order valence-corrected chi connectivity index (χ0v) is 16.7. The highest BCUT2D eigenvalue weighted by Crippen LogP contribution is 2.27. The average Bonchev–Trinajstić information content (AvgIpc) is 2.66. The molecular formula is C21H20BrN3O2. The molecule has 2 amide bonds. The van der Waals surface area contributed by atoms with Gasteiger partial charge in [-0.15, -0.1) is 0 Å². The topological polar surface area (TPSA) is 62.7 Å². The molecule has 0 spiro atoms. The van der Waals surface area contributed by atoms with E-state index in [0.29, 0.717) is 12.3 Å². The Morgan fingerprint density at radius 2 is 1.93 bits per heavy atom. The summed E-state index contributed by atoms with van der Waals surface area (Å²) in [6.45, 7) is 4.52. The minimum atomic E-state index is -0.400. The molecule has 0 aromatic heterocycles. The van der Waals surface area contributed by atoms with Crippen LogP contribution in [-0.4, -0.2) is 18.9 Å². The van der Waals surface area contributed by atoms with E-state index in [4.69, 9.17) is 4.74 Å². The van der Waals surface area contributed by atoms with E-state index in [1.165, 1.54) is 0 Å². The monoisotopic (exact) mass is 425 g/mol. The summed E-state index contributed by atoms with van der Waals surface area (Å²) in [6, 6.07) is 17.0. The molecule has 0 radical (unpaired) electrons. The number of fused-ring (bicyclic) bond motifs is 1. The molecule has 0 unspecified atom stereocenters. The SMILES string of the molecule is CCOc1ccc(/C=N\NC(=O)Nc2ccc(Br)c(C)c2)c2ccccc12. The van der Waals surface area contributed by atoms with Crippen molar-refractivity contribution in [1.29, 1.82) is 0 Å². The molecular weight excluding hydrogens is 406 g/mol. The number of amides is 2. The van der Waals surface area contributed by atoms with Crippen LogP contribution in [-0.2, 0) is 0 Å². The zero-order valence-electron chi connectivity index (χ0n) is 15.1. The maximum absolute atomic E-state index is 12.0. The van der Waals surface area contributed by atoms with Crippen LogP contribution in [0.15, 0.2) is 64.2 Å². The third-order valence-electron chi connectivity index (χ3n) is 4.00. The molecule has 0 saturated carbocycles. The maximum atomic E-state index is 12.0. The Hall–Kier alpha value is -2.86. The van der Waals surface area contributed by atoms with E-state index >= 15 is 0 Å². The highest BCUT2D eigenvalue weighted by Gasteiger charge is 2.06. The first-order chi connectivity index (χ1) is 13.1. The van der Waals surface area contributed by atoms with Crippen LogP contribution < -0.4 is 15.5 Å². The van der Waals surface area contributed by atoms with E-state index in [2.05, 4.69) is 31.8 Å². The molecule has 3 aromatic carbocycles. The number of urea groups is 1. The molecule has 0 aliphatic carbocycles. The average molecular weight is 426 g/mol. The van der Waals surface area contributed by atoms with Crippen LogP contribution in [0.1, 0.15) is 18.1 Å². The van der Waals surface area contributed by atoms with Crippen molar-refractivity contribution < 1.29 is 9.53 Å².